The fourth-order valence-electron chi connectivity index (χ4n) is 2.31. The van der Waals surface area contributed by atoms with E-state index in [-0.39, 0.29) is 6.04 Å². The van der Waals surface area contributed by atoms with Gasteiger partial charge in [0, 0.05) is 30.2 Å². The summed E-state index contributed by atoms with van der Waals surface area (Å²) >= 11 is 1.20. The number of hydrogen-bond donors (Lipinski definition) is 1. The molecule has 1 unspecified atom stereocenters. The minimum Gasteiger partial charge on any atom is -0.398 e. The molecule has 1 aromatic rings. The Morgan fingerprint density at radius 3 is 2.83 bits per heavy atom. The topological polar surface area (TPSA) is 66.6 Å². The molecule has 1 aliphatic rings. The van der Waals surface area contributed by atoms with E-state index in [1.165, 1.54) is 11.3 Å². The van der Waals surface area contributed by atoms with Crippen LogP contribution in [0.3, 0.4) is 0 Å². The number of likely N-dealkylation sites (N-methyl/N-ethyl adjacent to an activating group) is 1. The first-order valence-electron chi connectivity index (χ1n) is 5.92. The van der Waals surface area contributed by atoms with Gasteiger partial charge in [-0.05, 0) is 33.0 Å². The maximum atomic E-state index is 12.5. The van der Waals surface area contributed by atoms with E-state index < -0.39 is 10.0 Å². The Bertz CT molecular complexity index is 510. The van der Waals surface area contributed by atoms with Crippen LogP contribution in [0, 0.1) is 0 Å². The molecule has 0 aromatic carbocycles. The molecular formula is C11H19N3O2S2. The molecule has 1 saturated heterocycles. The third-order valence-corrected chi connectivity index (χ3v) is 6.44. The van der Waals surface area contributed by atoms with Gasteiger partial charge in [0.2, 0.25) is 0 Å². The van der Waals surface area contributed by atoms with Gasteiger partial charge in [0.15, 0.2) is 0 Å². The van der Waals surface area contributed by atoms with E-state index >= 15 is 0 Å². The van der Waals surface area contributed by atoms with Crippen LogP contribution in [0.2, 0.25) is 0 Å². The van der Waals surface area contributed by atoms with E-state index in [9.17, 15) is 8.42 Å². The summed E-state index contributed by atoms with van der Waals surface area (Å²) in [6, 6.07) is 1.62. The summed E-state index contributed by atoms with van der Waals surface area (Å²) < 4.78 is 27.0. The van der Waals surface area contributed by atoms with Crippen molar-refractivity contribution in [2.24, 2.45) is 0 Å². The van der Waals surface area contributed by atoms with Gasteiger partial charge in [0.1, 0.15) is 4.21 Å². The molecule has 2 N–H and O–H groups in total. The van der Waals surface area contributed by atoms with Crippen molar-refractivity contribution in [1.29, 1.82) is 0 Å². The van der Waals surface area contributed by atoms with Crippen LogP contribution in [0.1, 0.15) is 12.8 Å². The Morgan fingerprint density at radius 1 is 1.56 bits per heavy atom. The molecule has 0 amide bonds. The first-order chi connectivity index (χ1) is 8.41. The second-order valence-electron chi connectivity index (χ2n) is 4.87. The van der Waals surface area contributed by atoms with Crippen LogP contribution in [0.15, 0.2) is 15.7 Å². The van der Waals surface area contributed by atoms with Crippen LogP contribution in [0.5, 0.6) is 0 Å². The van der Waals surface area contributed by atoms with Crippen molar-refractivity contribution < 1.29 is 8.42 Å². The van der Waals surface area contributed by atoms with Crippen LogP contribution in [0.4, 0.5) is 5.69 Å². The fraction of sp³-hybridized carbons (Fsp3) is 0.636. The Labute approximate surface area is 112 Å². The number of anilines is 1. The SMILES string of the molecule is CN(C)CC1CCCN1S(=O)(=O)c1cc(N)cs1. The molecule has 2 heterocycles. The summed E-state index contributed by atoms with van der Waals surface area (Å²) in [6.45, 7) is 1.37. The molecule has 1 aromatic heterocycles. The lowest BCUT2D eigenvalue weighted by Gasteiger charge is -2.25. The van der Waals surface area contributed by atoms with Crippen LogP contribution in [0.25, 0.3) is 0 Å². The molecule has 0 spiro atoms. The molecule has 102 valence electrons. The number of hydrogen-bond acceptors (Lipinski definition) is 5. The molecule has 0 radical (unpaired) electrons. The molecule has 5 nitrogen and oxygen atoms in total. The van der Waals surface area contributed by atoms with E-state index in [4.69, 9.17) is 5.73 Å². The Morgan fingerprint density at radius 2 is 2.28 bits per heavy atom. The molecule has 1 atom stereocenters. The predicted molar refractivity (Wildman–Crippen MR) is 74.2 cm³/mol. The van der Waals surface area contributed by atoms with Gasteiger partial charge in [-0.15, -0.1) is 11.3 Å². The molecule has 1 aliphatic heterocycles. The van der Waals surface area contributed by atoms with E-state index in [1.807, 2.05) is 19.0 Å². The van der Waals surface area contributed by atoms with Gasteiger partial charge in [-0.3, -0.25) is 0 Å². The minimum atomic E-state index is -3.37. The summed E-state index contributed by atoms with van der Waals surface area (Å²) in [7, 11) is 0.562. The number of nitrogens with two attached hydrogens (primary N) is 1. The number of rotatable bonds is 4. The maximum Gasteiger partial charge on any atom is 0.252 e. The summed E-state index contributed by atoms with van der Waals surface area (Å²) in [5, 5.41) is 1.67. The number of thiophene rings is 1. The highest BCUT2D eigenvalue weighted by atomic mass is 32.2. The molecule has 1 fully saturated rings. The summed E-state index contributed by atoms with van der Waals surface area (Å²) in [6.07, 6.45) is 1.86. The molecule has 0 saturated carbocycles. The standard InChI is InChI=1S/C11H19N3O2S2/c1-13(2)7-10-4-3-5-14(10)18(15,16)11-6-9(12)8-17-11/h6,8,10H,3-5,7,12H2,1-2H3. The van der Waals surface area contributed by atoms with Gasteiger partial charge in [-0.1, -0.05) is 0 Å². The zero-order valence-corrected chi connectivity index (χ0v) is 12.3. The highest BCUT2D eigenvalue weighted by Gasteiger charge is 2.36. The van der Waals surface area contributed by atoms with Crippen molar-refractivity contribution >= 4 is 27.0 Å². The van der Waals surface area contributed by atoms with Crippen LogP contribution >= 0.6 is 11.3 Å². The lowest BCUT2D eigenvalue weighted by atomic mass is 10.2. The van der Waals surface area contributed by atoms with E-state index in [2.05, 4.69) is 0 Å². The summed E-state index contributed by atoms with van der Waals surface area (Å²) in [4.78, 5) is 2.03. The van der Waals surface area contributed by atoms with Crippen molar-refractivity contribution in [3.63, 3.8) is 0 Å². The average Bonchev–Trinajstić information content (AvgIpc) is 2.86. The number of nitrogens with zero attached hydrogens (tertiary/aromatic N) is 2. The normalized spacial score (nSPS) is 21.8. The van der Waals surface area contributed by atoms with Crippen LogP contribution in [-0.4, -0.2) is 50.8 Å². The highest BCUT2D eigenvalue weighted by molar-refractivity contribution is 7.91. The fourth-order valence-corrected chi connectivity index (χ4v) is 5.20. The van der Waals surface area contributed by atoms with Gasteiger partial charge < -0.3 is 10.6 Å². The quantitative estimate of drug-likeness (QED) is 0.899. The van der Waals surface area contributed by atoms with Crippen molar-refractivity contribution in [3.8, 4) is 0 Å². The average molecular weight is 289 g/mol. The Balaban J connectivity index is 2.24. The molecular weight excluding hydrogens is 270 g/mol. The number of sulfonamides is 1. The second kappa shape index (κ2) is 5.16. The number of nitrogen functional groups attached to an aromatic ring is 1. The third-order valence-electron chi connectivity index (χ3n) is 3.06. The van der Waals surface area contributed by atoms with Gasteiger partial charge in [-0.25, -0.2) is 8.42 Å². The summed E-state index contributed by atoms with van der Waals surface area (Å²) in [5.74, 6) is 0. The molecule has 7 heteroatoms. The smallest absolute Gasteiger partial charge is 0.252 e. The van der Waals surface area contributed by atoms with Gasteiger partial charge in [-0.2, -0.15) is 4.31 Å². The monoisotopic (exact) mass is 289 g/mol. The molecule has 0 aliphatic carbocycles. The molecule has 0 bridgehead atoms. The first-order valence-corrected chi connectivity index (χ1v) is 8.24. The third kappa shape index (κ3) is 2.69. The molecule has 18 heavy (non-hydrogen) atoms. The van der Waals surface area contributed by atoms with E-state index in [0.29, 0.717) is 16.4 Å². The van der Waals surface area contributed by atoms with Crippen LogP contribution < -0.4 is 5.73 Å². The van der Waals surface area contributed by atoms with Crippen LogP contribution in [-0.2, 0) is 10.0 Å². The molecule has 2 rings (SSSR count). The lowest BCUT2D eigenvalue weighted by Crippen LogP contribution is -2.40. The minimum absolute atomic E-state index is 0.0772. The summed E-state index contributed by atoms with van der Waals surface area (Å²) in [5.41, 5.74) is 6.12. The van der Waals surface area contributed by atoms with Crippen molar-refractivity contribution in [2.75, 3.05) is 32.9 Å². The van der Waals surface area contributed by atoms with Gasteiger partial charge >= 0.3 is 0 Å². The van der Waals surface area contributed by atoms with E-state index in [1.54, 1.807) is 15.8 Å². The first kappa shape index (κ1) is 13.8. The Kier molecular flexibility index (Phi) is 3.96. The second-order valence-corrected chi connectivity index (χ2v) is 7.90. The van der Waals surface area contributed by atoms with Gasteiger partial charge in [0.05, 0.1) is 0 Å². The van der Waals surface area contributed by atoms with Crippen molar-refractivity contribution in [3.05, 3.63) is 11.4 Å². The largest absolute Gasteiger partial charge is 0.398 e. The van der Waals surface area contributed by atoms with Gasteiger partial charge in [0.25, 0.3) is 10.0 Å². The van der Waals surface area contributed by atoms with Crippen molar-refractivity contribution in [1.82, 2.24) is 9.21 Å². The highest BCUT2D eigenvalue weighted by Crippen LogP contribution is 2.30. The lowest BCUT2D eigenvalue weighted by molar-refractivity contribution is 0.291. The zero-order valence-electron chi connectivity index (χ0n) is 10.7. The zero-order chi connectivity index (χ0) is 13.3. The van der Waals surface area contributed by atoms with E-state index in [0.717, 1.165) is 19.4 Å². The van der Waals surface area contributed by atoms with Crippen molar-refractivity contribution in [2.45, 2.75) is 23.1 Å². The Hall–Kier alpha value is -0.630. The predicted octanol–water partition coefficient (Wildman–Crippen LogP) is 1.05. The maximum absolute atomic E-state index is 12.5.